The van der Waals surface area contributed by atoms with Crippen molar-refractivity contribution in [3.8, 4) is 5.75 Å². The van der Waals surface area contributed by atoms with E-state index >= 15 is 0 Å². The molecule has 2 bridgehead atoms. The quantitative estimate of drug-likeness (QED) is 0.175. The molecular formula is C36H40F2N7O13P. The number of ether oxygens (including phenoxy) is 3. The third-order valence-corrected chi connectivity index (χ3v) is 10.5. The van der Waals surface area contributed by atoms with Crippen molar-refractivity contribution in [2.75, 3.05) is 39.1 Å². The number of nitrogens with zero attached hydrogens (tertiary/aromatic N) is 6. The van der Waals surface area contributed by atoms with Crippen LogP contribution in [0.5, 0.6) is 5.75 Å². The van der Waals surface area contributed by atoms with Crippen molar-refractivity contribution in [2.45, 2.75) is 63.9 Å². The van der Waals surface area contributed by atoms with Gasteiger partial charge in [0.1, 0.15) is 23.0 Å². The molecule has 6 rings (SSSR count). The topological polar surface area (TPSA) is 241 Å². The monoisotopic (exact) mass is 847 g/mol. The zero-order valence-corrected chi connectivity index (χ0v) is 33.0. The summed E-state index contributed by atoms with van der Waals surface area (Å²) in [5.41, 5.74) is -1.78. The number of benzene rings is 1. The number of halogens is 2. The van der Waals surface area contributed by atoms with Crippen LogP contribution in [-0.2, 0) is 36.5 Å². The largest absolute Gasteiger partial charge is 0.472 e. The third-order valence-electron chi connectivity index (χ3n) is 10.1. The number of carbonyl (C=O) groups is 4. The number of nitrogens with one attached hydrogen (secondary N) is 1. The minimum absolute atomic E-state index is 0.0118. The van der Waals surface area contributed by atoms with Crippen LogP contribution < -0.4 is 20.4 Å². The van der Waals surface area contributed by atoms with Crippen LogP contribution >= 0.6 is 7.82 Å². The highest BCUT2D eigenvalue weighted by Gasteiger charge is 2.54. The lowest BCUT2D eigenvalue weighted by molar-refractivity contribution is -0.0657. The van der Waals surface area contributed by atoms with Crippen molar-refractivity contribution in [2.24, 2.45) is 5.16 Å². The molecule has 316 valence electrons. The van der Waals surface area contributed by atoms with Crippen molar-refractivity contribution >= 4 is 43.4 Å². The lowest BCUT2D eigenvalue weighted by atomic mass is 9.84. The first kappa shape index (κ1) is 42.6. The van der Waals surface area contributed by atoms with E-state index in [2.05, 4.69) is 20.0 Å². The highest BCUT2D eigenvalue weighted by atomic mass is 31.2. The molecule has 3 aromatic rings. The van der Waals surface area contributed by atoms with E-state index in [4.69, 9.17) is 28.8 Å². The van der Waals surface area contributed by atoms with E-state index in [0.29, 0.717) is 36.6 Å². The lowest BCUT2D eigenvalue weighted by Crippen LogP contribution is -2.52. The molecule has 1 fully saturated rings. The zero-order valence-electron chi connectivity index (χ0n) is 32.1. The maximum atomic E-state index is 14.4. The molecule has 3 N–H and O–H groups in total. The maximum Gasteiger partial charge on any atom is 0.472 e. The zero-order chi connectivity index (χ0) is 42.8. The van der Waals surface area contributed by atoms with Gasteiger partial charge >= 0.3 is 20.0 Å². The number of anilines is 1. The van der Waals surface area contributed by atoms with Gasteiger partial charge in [0.15, 0.2) is 11.3 Å². The van der Waals surface area contributed by atoms with Gasteiger partial charge in [-0.05, 0) is 38.8 Å². The summed E-state index contributed by atoms with van der Waals surface area (Å²) in [5, 5.41) is 6.66. The number of phosphoric ester groups is 1. The van der Waals surface area contributed by atoms with Gasteiger partial charge in [0.25, 0.3) is 11.8 Å². The van der Waals surface area contributed by atoms with Gasteiger partial charge in [-0.1, -0.05) is 17.3 Å². The summed E-state index contributed by atoms with van der Waals surface area (Å²) in [6.45, 7) is 1.20. The summed E-state index contributed by atoms with van der Waals surface area (Å²) in [4.78, 5) is 99.1. The highest BCUT2D eigenvalue weighted by Crippen LogP contribution is 2.46. The van der Waals surface area contributed by atoms with Crippen molar-refractivity contribution in [1.82, 2.24) is 24.7 Å². The minimum atomic E-state index is -4.89. The Balaban J connectivity index is 1.26. The fourth-order valence-electron chi connectivity index (χ4n) is 7.10. The molecule has 1 saturated heterocycles. The second kappa shape index (κ2) is 17.1. The number of hydrogen-bond acceptors (Lipinski definition) is 13. The molecule has 1 aromatic carbocycles. The smallest absolute Gasteiger partial charge is 0.451 e. The van der Waals surface area contributed by atoms with E-state index in [1.807, 2.05) is 6.92 Å². The van der Waals surface area contributed by atoms with E-state index < -0.39 is 92.0 Å². The Morgan fingerprint density at radius 3 is 2.54 bits per heavy atom. The molecule has 59 heavy (non-hydrogen) atoms. The van der Waals surface area contributed by atoms with Crippen molar-refractivity contribution < 1.29 is 65.9 Å². The molecule has 0 aliphatic carbocycles. The first-order valence-electron chi connectivity index (χ1n) is 18.0. The molecule has 23 heteroatoms. The second-order valence-corrected chi connectivity index (χ2v) is 15.4. The number of carbonyl (C=O) groups excluding carboxylic acids is 4. The van der Waals surface area contributed by atoms with Crippen LogP contribution in [0.2, 0.25) is 0 Å². The van der Waals surface area contributed by atoms with Crippen molar-refractivity contribution in [1.29, 1.82) is 0 Å². The van der Waals surface area contributed by atoms with E-state index in [9.17, 15) is 37.3 Å². The molecule has 2 aromatic heterocycles. The molecule has 3 aliphatic rings. The number of aromatic nitrogens is 2. The Hall–Kier alpha value is -5.96. The molecule has 3 atom stereocenters. The number of rotatable bonds is 12. The fraction of sp³-hybridized carbons (Fsp3) is 0.417. The van der Waals surface area contributed by atoms with Crippen molar-refractivity contribution in [3.05, 3.63) is 87.0 Å². The third kappa shape index (κ3) is 9.20. The number of phosphoric acid groups is 1. The number of pyridine rings is 2. The molecule has 1 spiro atoms. The van der Waals surface area contributed by atoms with Crippen LogP contribution in [-0.4, -0.2) is 105 Å². The van der Waals surface area contributed by atoms with Gasteiger partial charge in [-0.2, -0.15) is 0 Å². The van der Waals surface area contributed by atoms with E-state index in [-0.39, 0.29) is 36.2 Å². The van der Waals surface area contributed by atoms with E-state index in [1.165, 1.54) is 43.2 Å². The highest BCUT2D eigenvalue weighted by molar-refractivity contribution is 7.46. The molecule has 0 unspecified atom stereocenters. The van der Waals surface area contributed by atoms with Gasteiger partial charge in [-0.3, -0.25) is 19.3 Å². The van der Waals surface area contributed by atoms with Gasteiger partial charge in [0.05, 0.1) is 18.3 Å². The Kier molecular flexibility index (Phi) is 12.4. The Bertz CT molecular complexity index is 2310. The van der Waals surface area contributed by atoms with E-state index in [0.717, 1.165) is 21.9 Å². The SMILES string of the molecule is CC1=NO[C@@]2(CC[C@H](C)N3C[C@H]2n2cc(C(=O)NCc4ccc(F)cc4F)c(=O)c(OCOC(=O)N(C)c4ncccc4CN(C)C(=O)OCOP(=O)(O)O)c2C3=O)C1. The fourth-order valence-corrected chi connectivity index (χ4v) is 7.29. The second-order valence-electron chi connectivity index (χ2n) is 14.1. The predicted molar refractivity (Wildman–Crippen MR) is 199 cm³/mol. The summed E-state index contributed by atoms with van der Waals surface area (Å²) < 4.78 is 60.3. The van der Waals surface area contributed by atoms with Gasteiger partial charge in [0, 0.05) is 69.2 Å². The van der Waals surface area contributed by atoms with Gasteiger partial charge in [0.2, 0.25) is 24.8 Å². The molecule has 3 aliphatic heterocycles. The summed E-state index contributed by atoms with van der Waals surface area (Å²) in [7, 11) is -2.29. The standard InChI is InChI=1S/C36H40F2N7O13P/c1-20-13-36(58-41-20)10-9-21(2)44-17-27(36)45-16-25(32(47)40-14-22-7-8-24(37)12-26(22)38)29(46)30(28(45)33(44)48)54-18-55-35(50)43(4)31-23(6-5-11-39-31)15-42(3)34(49)56-19-57-59(51,52)53/h5-8,11-12,16,21,27H,9-10,13-15,17-19H2,1-4H3,(H,40,47)(H2,51,52,53)/t21-,27+,36-/m0/s1. The summed E-state index contributed by atoms with van der Waals surface area (Å²) in [6.07, 6.45) is 1.88. The molecule has 20 nitrogen and oxygen atoms in total. The van der Waals surface area contributed by atoms with Crippen LogP contribution in [0.15, 0.2) is 52.7 Å². The van der Waals surface area contributed by atoms with Crippen LogP contribution in [0, 0.1) is 11.6 Å². The molecular weight excluding hydrogens is 807 g/mol. The van der Waals surface area contributed by atoms with E-state index in [1.54, 1.807) is 11.8 Å². The summed E-state index contributed by atoms with van der Waals surface area (Å²) >= 11 is 0. The van der Waals surface area contributed by atoms with Crippen LogP contribution in [0.4, 0.5) is 24.2 Å². The summed E-state index contributed by atoms with van der Waals surface area (Å²) in [5.74, 6) is -3.90. The number of amides is 4. The molecule has 0 saturated carbocycles. The number of fused-ring (bicyclic) bond motifs is 5. The van der Waals surface area contributed by atoms with Crippen LogP contribution in [0.3, 0.4) is 0 Å². The Morgan fingerprint density at radius 2 is 1.85 bits per heavy atom. The average molecular weight is 848 g/mol. The number of hydrogen-bond donors (Lipinski definition) is 3. The van der Waals surface area contributed by atoms with Crippen LogP contribution in [0.1, 0.15) is 71.1 Å². The maximum absolute atomic E-state index is 14.4. The molecule has 0 radical (unpaired) electrons. The van der Waals surface area contributed by atoms with Gasteiger partial charge < -0.3 is 48.5 Å². The average Bonchev–Trinajstić information content (AvgIpc) is 3.51. The number of oxime groups is 1. The normalized spacial score (nSPS) is 19.6. The molecule has 5 heterocycles. The first-order valence-corrected chi connectivity index (χ1v) is 19.5. The predicted octanol–water partition coefficient (Wildman–Crippen LogP) is 3.41. The minimum Gasteiger partial charge on any atom is -0.451 e. The van der Waals surface area contributed by atoms with Crippen LogP contribution in [0.25, 0.3) is 0 Å². The Labute approximate surface area is 334 Å². The van der Waals surface area contributed by atoms with Crippen molar-refractivity contribution in [3.63, 3.8) is 0 Å². The first-order chi connectivity index (χ1) is 27.9. The van der Waals surface area contributed by atoms with Gasteiger partial charge in [-0.15, -0.1) is 0 Å². The summed E-state index contributed by atoms with van der Waals surface area (Å²) in [6, 6.07) is 4.88. The Morgan fingerprint density at radius 1 is 1.10 bits per heavy atom. The molecule has 4 amide bonds. The van der Waals surface area contributed by atoms with Gasteiger partial charge in [-0.25, -0.2) is 32.4 Å². The lowest BCUT2D eigenvalue weighted by Gasteiger charge is -2.42.